The Morgan fingerprint density at radius 3 is 2.83 bits per heavy atom. The van der Waals surface area contributed by atoms with Crippen LogP contribution < -0.4 is 10.6 Å². The van der Waals surface area contributed by atoms with Crippen LogP contribution in [-0.2, 0) is 21.1 Å². The highest BCUT2D eigenvalue weighted by atomic mass is 32.2. The first-order chi connectivity index (χ1) is 13.8. The summed E-state index contributed by atoms with van der Waals surface area (Å²) >= 11 is 1.51. The van der Waals surface area contributed by atoms with Crippen molar-refractivity contribution in [2.24, 2.45) is 5.92 Å². The summed E-state index contributed by atoms with van der Waals surface area (Å²) in [5.74, 6) is 0.302. The van der Waals surface area contributed by atoms with E-state index in [0.717, 1.165) is 34.6 Å². The number of rotatable bonds is 6. The van der Waals surface area contributed by atoms with Gasteiger partial charge < -0.3 is 10.6 Å². The summed E-state index contributed by atoms with van der Waals surface area (Å²) in [6, 6.07) is 12.6. The van der Waals surface area contributed by atoms with E-state index in [1.165, 1.54) is 17.6 Å². The number of fused-ring (bicyclic) bond motifs is 2. The van der Waals surface area contributed by atoms with Gasteiger partial charge in [0, 0.05) is 28.5 Å². The summed E-state index contributed by atoms with van der Waals surface area (Å²) in [7, 11) is -3.27. The lowest BCUT2D eigenvalue weighted by Gasteiger charge is -2.23. The number of nitrogens with one attached hydrogen (secondary N) is 2. The molecular formula is C21H23N3O3S2. The molecule has 152 valence electrons. The smallest absolute Gasteiger partial charge is 0.238 e. The number of benzene rings is 1. The van der Waals surface area contributed by atoms with Gasteiger partial charge in [0.05, 0.1) is 17.0 Å². The van der Waals surface area contributed by atoms with Crippen molar-refractivity contribution in [1.29, 1.82) is 5.26 Å². The molecule has 2 heterocycles. The molecule has 0 spiro atoms. The molecule has 0 unspecified atom stereocenters. The zero-order valence-corrected chi connectivity index (χ0v) is 17.7. The number of sulfone groups is 1. The Morgan fingerprint density at radius 1 is 1.34 bits per heavy atom. The molecule has 2 aromatic rings. The van der Waals surface area contributed by atoms with Crippen molar-refractivity contribution in [1.82, 2.24) is 10.6 Å². The molecule has 2 bridgehead atoms. The second kappa shape index (κ2) is 7.90. The van der Waals surface area contributed by atoms with Gasteiger partial charge in [0.1, 0.15) is 6.04 Å². The topological polar surface area (TPSA) is 99.1 Å². The minimum atomic E-state index is -3.27. The van der Waals surface area contributed by atoms with Crippen molar-refractivity contribution < 1.29 is 13.2 Å². The molecule has 1 aliphatic carbocycles. The van der Waals surface area contributed by atoms with Crippen LogP contribution in [0.3, 0.4) is 0 Å². The van der Waals surface area contributed by atoms with Crippen LogP contribution in [0.1, 0.15) is 24.1 Å². The van der Waals surface area contributed by atoms with E-state index >= 15 is 0 Å². The van der Waals surface area contributed by atoms with Gasteiger partial charge in [0.15, 0.2) is 9.84 Å². The van der Waals surface area contributed by atoms with Crippen LogP contribution in [0.4, 0.5) is 0 Å². The summed E-state index contributed by atoms with van der Waals surface area (Å²) in [5.41, 5.74) is 0.827. The number of hydrogen-bond donors (Lipinski definition) is 2. The summed E-state index contributed by atoms with van der Waals surface area (Å²) in [5, 5.41) is 15.8. The van der Waals surface area contributed by atoms with E-state index in [-0.39, 0.29) is 16.8 Å². The van der Waals surface area contributed by atoms with Gasteiger partial charge in [-0.25, -0.2) is 8.42 Å². The van der Waals surface area contributed by atoms with Crippen molar-refractivity contribution in [2.75, 3.05) is 6.26 Å². The number of thiophene rings is 1. The van der Waals surface area contributed by atoms with E-state index in [1.54, 1.807) is 18.2 Å². The van der Waals surface area contributed by atoms with Crippen LogP contribution in [0.25, 0.3) is 10.4 Å². The molecule has 1 aromatic heterocycles. The zero-order valence-electron chi connectivity index (χ0n) is 16.1. The number of hydrogen-bond acceptors (Lipinski definition) is 6. The van der Waals surface area contributed by atoms with Gasteiger partial charge in [-0.3, -0.25) is 4.79 Å². The Bertz CT molecular complexity index is 1070. The van der Waals surface area contributed by atoms with Crippen molar-refractivity contribution in [3.63, 3.8) is 0 Å². The van der Waals surface area contributed by atoms with Crippen LogP contribution in [-0.4, -0.2) is 38.7 Å². The third kappa shape index (κ3) is 4.37. The zero-order chi connectivity index (χ0) is 20.6. The third-order valence-electron chi connectivity index (χ3n) is 5.73. The maximum Gasteiger partial charge on any atom is 0.238 e. The lowest BCUT2D eigenvalue weighted by atomic mass is 9.99. The second-order valence-electron chi connectivity index (χ2n) is 7.87. The first-order valence-corrected chi connectivity index (χ1v) is 12.4. The average Bonchev–Trinajstić information content (AvgIpc) is 3.44. The molecule has 0 radical (unpaired) electrons. The van der Waals surface area contributed by atoms with Crippen LogP contribution >= 0.6 is 11.3 Å². The average molecular weight is 430 g/mol. The van der Waals surface area contributed by atoms with E-state index < -0.39 is 15.9 Å². The number of nitrogens with zero attached hydrogens (tertiary/aromatic N) is 1. The SMILES string of the molecule is CS(=O)(=O)c1cccc(-c2ccc(C[C@@H](C#N)NC(=O)[C@H]3N[C@@H]4CC[C@H]3C4)s2)c1. The predicted molar refractivity (Wildman–Crippen MR) is 112 cm³/mol. The number of nitriles is 1. The quantitative estimate of drug-likeness (QED) is 0.735. The lowest BCUT2D eigenvalue weighted by molar-refractivity contribution is -0.124. The van der Waals surface area contributed by atoms with Gasteiger partial charge in [-0.2, -0.15) is 5.26 Å². The predicted octanol–water partition coefficient (Wildman–Crippen LogP) is 2.51. The third-order valence-corrected chi connectivity index (χ3v) is 8.00. The summed E-state index contributed by atoms with van der Waals surface area (Å²) in [6.07, 6.45) is 4.88. The van der Waals surface area contributed by atoms with Gasteiger partial charge in [-0.15, -0.1) is 11.3 Å². The molecule has 4 rings (SSSR count). The van der Waals surface area contributed by atoms with Gasteiger partial charge in [-0.1, -0.05) is 12.1 Å². The molecule has 2 fully saturated rings. The van der Waals surface area contributed by atoms with Gasteiger partial charge >= 0.3 is 0 Å². The first kappa shape index (κ1) is 20.1. The Hall–Kier alpha value is -2.21. The molecule has 4 atom stereocenters. The van der Waals surface area contributed by atoms with Gasteiger partial charge in [0.2, 0.25) is 5.91 Å². The molecule has 8 heteroatoms. The largest absolute Gasteiger partial charge is 0.339 e. The Kier molecular flexibility index (Phi) is 5.47. The number of amides is 1. The maximum absolute atomic E-state index is 12.6. The molecule has 1 saturated carbocycles. The fraction of sp³-hybridized carbons (Fsp3) is 0.429. The van der Waals surface area contributed by atoms with E-state index in [1.807, 2.05) is 18.2 Å². The number of carbonyl (C=O) groups excluding carboxylic acids is 1. The lowest BCUT2D eigenvalue weighted by Crippen LogP contribution is -2.50. The number of piperidine rings is 1. The van der Waals surface area contributed by atoms with Crippen LogP contribution in [0, 0.1) is 17.2 Å². The van der Waals surface area contributed by atoms with Crippen molar-refractivity contribution in [3.05, 3.63) is 41.3 Å². The molecule has 2 aliphatic rings. The first-order valence-electron chi connectivity index (χ1n) is 9.69. The maximum atomic E-state index is 12.6. The molecular weight excluding hydrogens is 406 g/mol. The molecule has 1 amide bonds. The van der Waals surface area contributed by atoms with Gasteiger partial charge in [0.25, 0.3) is 0 Å². The van der Waals surface area contributed by atoms with E-state index in [9.17, 15) is 18.5 Å². The van der Waals surface area contributed by atoms with Crippen molar-refractivity contribution in [2.45, 2.75) is 48.7 Å². The fourth-order valence-electron chi connectivity index (χ4n) is 4.26. The highest BCUT2D eigenvalue weighted by Gasteiger charge is 2.43. The summed E-state index contributed by atoms with van der Waals surface area (Å²) in [6.45, 7) is 0. The Labute approximate surface area is 174 Å². The minimum Gasteiger partial charge on any atom is -0.339 e. The standard InChI is InChI=1S/C21H23N3O3S2/c1-29(26,27)18-4-2-3-13(10-18)19-8-7-17(28-19)11-16(12-22)24-21(25)20-14-5-6-15(9-14)23-20/h2-4,7-8,10,14-16,20,23H,5-6,9,11H2,1H3,(H,24,25)/t14-,15+,16-,20-/m0/s1. The number of carbonyl (C=O) groups is 1. The Balaban J connectivity index is 1.43. The molecule has 2 N–H and O–H groups in total. The van der Waals surface area contributed by atoms with Crippen LogP contribution in [0.5, 0.6) is 0 Å². The summed E-state index contributed by atoms with van der Waals surface area (Å²) in [4.78, 5) is 14.8. The Morgan fingerprint density at radius 2 is 2.17 bits per heavy atom. The fourth-order valence-corrected chi connectivity index (χ4v) is 5.98. The van der Waals surface area contributed by atoms with Crippen molar-refractivity contribution in [3.8, 4) is 16.5 Å². The molecule has 1 aromatic carbocycles. The van der Waals surface area contributed by atoms with Gasteiger partial charge in [-0.05, 0) is 55.0 Å². The van der Waals surface area contributed by atoms with Crippen LogP contribution in [0.15, 0.2) is 41.3 Å². The minimum absolute atomic E-state index is 0.0821. The van der Waals surface area contributed by atoms with E-state index in [4.69, 9.17) is 0 Å². The summed E-state index contributed by atoms with van der Waals surface area (Å²) < 4.78 is 23.6. The highest BCUT2D eigenvalue weighted by molar-refractivity contribution is 7.90. The van der Waals surface area contributed by atoms with Crippen molar-refractivity contribution >= 4 is 27.1 Å². The molecule has 1 aliphatic heterocycles. The van der Waals surface area contributed by atoms with Crippen LogP contribution in [0.2, 0.25) is 0 Å². The monoisotopic (exact) mass is 429 g/mol. The molecule has 6 nitrogen and oxygen atoms in total. The molecule has 1 saturated heterocycles. The highest BCUT2D eigenvalue weighted by Crippen LogP contribution is 2.35. The van der Waals surface area contributed by atoms with E-state index in [2.05, 4.69) is 16.7 Å². The van der Waals surface area contributed by atoms with E-state index in [0.29, 0.717) is 18.4 Å². The molecule has 29 heavy (non-hydrogen) atoms. The second-order valence-corrected chi connectivity index (χ2v) is 11.1. The normalized spacial score (nSPS) is 24.2.